The van der Waals surface area contributed by atoms with Crippen molar-refractivity contribution in [3.05, 3.63) is 34.9 Å². The van der Waals surface area contributed by atoms with Gasteiger partial charge in [0.05, 0.1) is 0 Å². The maximum absolute atomic E-state index is 12.2. The largest absolute Gasteiger partial charge is 0.338 e. The first kappa shape index (κ1) is 17.8. The zero-order valence-electron chi connectivity index (χ0n) is 13.2. The van der Waals surface area contributed by atoms with Gasteiger partial charge >= 0.3 is 6.03 Å². The Kier molecular flexibility index (Phi) is 8.91. The molecule has 3 nitrogen and oxygen atoms in total. The van der Waals surface area contributed by atoms with Crippen LogP contribution in [0.3, 0.4) is 0 Å². The molecule has 1 aromatic rings. The van der Waals surface area contributed by atoms with Gasteiger partial charge in [0, 0.05) is 24.7 Å². The predicted octanol–water partition coefficient (Wildman–Crippen LogP) is 4.49. The van der Waals surface area contributed by atoms with Crippen LogP contribution in [0, 0.1) is 0 Å². The third-order valence-corrected chi connectivity index (χ3v) is 3.85. The smallest absolute Gasteiger partial charge is 0.317 e. The first-order valence-corrected chi connectivity index (χ1v) is 8.33. The molecule has 0 radical (unpaired) electrons. The van der Waals surface area contributed by atoms with Crippen LogP contribution < -0.4 is 5.32 Å². The summed E-state index contributed by atoms with van der Waals surface area (Å²) in [5.74, 6) is 0. The first-order chi connectivity index (χ1) is 10.2. The van der Waals surface area contributed by atoms with Crippen LogP contribution in [0.5, 0.6) is 0 Å². The summed E-state index contributed by atoms with van der Waals surface area (Å²) in [5.41, 5.74) is 1.08. The second-order valence-corrected chi connectivity index (χ2v) is 5.67. The van der Waals surface area contributed by atoms with Gasteiger partial charge in [-0.15, -0.1) is 0 Å². The molecule has 0 spiro atoms. The molecule has 4 heteroatoms. The maximum atomic E-state index is 12.2. The van der Waals surface area contributed by atoms with Crippen LogP contribution in [0.1, 0.15) is 45.1 Å². The molecule has 1 aromatic carbocycles. The van der Waals surface area contributed by atoms with Gasteiger partial charge < -0.3 is 10.2 Å². The summed E-state index contributed by atoms with van der Waals surface area (Å²) in [4.78, 5) is 14.1. The van der Waals surface area contributed by atoms with Crippen molar-refractivity contribution in [2.75, 3.05) is 19.6 Å². The zero-order chi connectivity index (χ0) is 15.5. The zero-order valence-corrected chi connectivity index (χ0v) is 14.0. The van der Waals surface area contributed by atoms with Gasteiger partial charge in [-0.3, -0.25) is 0 Å². The number of carbonyl (C=O) groups is 1. The summed E-state index contributed by atoms with van der Waals surface area (Å²) in [6, 6.07) is 7.82. The number of carbonyl (C=O) groups excluding carboxylic acids is 1. The number of amides is 2. The normalized spacial score (nSPS) is 10.4. The molecular formula is C17H27ClN2O. The van der Waals surface area contributed by atoms with Crippen molar-refractivity contribution in [3.8, 4) is 0 Å². The van der Waals surface area contributed by atoms with Crippen molar-refractivity contribution in [3.63, 3.8) is 0 Å². The van der Waals surface area contributed by atoms with Crippen molar-refractivity contribution in [2.24, 2.45) is 0 Å². The van der Waals surface area contributed by atoms with Crippen LogP contribution in [-0.2, 0) is 6.42 Å². The molecule has 1 N–H and O–H groups in total. The van der Waals surface area contributed by atoms with Gasteiger partial charge in [0.2, 0.25) is 0 Å². The highest BCUT2D eigenvalue weighted by Crippen LogP contribution is 2.14. The maximum Gasteiger partial charge on any atom is 0.317 e. The third kappa shape index (κ3) is 6.85. The van der Waals surface area contributed by atoms with Crippen LogP contribution in [0.4, 0.5) is 4.79 Å². The standard InChI is InChI=1S/C17H27ClN2O/c1-3-5-13-20(14-6-4-2)17(21)19-12-11-15-9-7-8-10-16(15)18/h7-10H,3-6,11-14H2,1-2H3,(H,19,21). The molecular weight excluding hydrogens is 284 g/mol. The number of nitrogens with zero attached hydrogens (tertiary/aromatic N) is 1. The Hall–Kier alpha value is -1.22. The summed E-state index contributed by atoms with van der Waals surface area (Å²) in [6.45, 7) is 6.60. The average Bonchev–Trinajstić information content (AvgIpc) is 2.49. The Bertz CT molecular complexity index is 415. The van der Waals surface area contributed by atoms with Crippen molar-refractivity contribution in [2.45, 2.75) is 46.0 Å². The lowest BCUT2D eigenvalue weighted by Crippen LogP contribution is -2.41. The van der Waals surface area contributed by atoms with E-state index in [-0.39, 0.29) is 6.03 Å². The van der Waals surface area contributed by atoms with E-state index in [1.165, 1.54) is 0 Å². The van der Waals surface area contributed by atoms with Gasteiger partial charge in [0.25, 0.3) is 0 Å². The lowest BCUT2D eigenvalue weighted by atomic mass is 10.1. The number of hydrogen-bond donors (Lipinski definition) is 1. The van der Waals surface area contributed by atoms with Crippen molar-refractivity contribution in [1.82, 2.24) is 10.2 Å². The lowest BCUT2D eigenvalue weighted by molar-refractivity contribution is 0.196. The molecule has 0 aliphatic carbocycles. The quantitative estimate of drug-likeness (QED) is 0.716. The fourth-order valence-corrected chi connectivity index (χ4v) is 2.36. The van der Waals surface area contributed by atoms with Crippen LogP contribution in [0.25, 0.3) is 0 Å². The Balaban J connectivity index is 2.40. The van der Waals surface area contributed by atoms with Gasteiger partial charge in [-0.05, 0) is 30.9 Å². The Morgan fingerprint density at radius 3 is 2.33 bits per heavy atom. The van der Waals surface area contributed by atoms with Crippen molar-refractivity contribution >= 4 is 17.6 Å². The number of unbranched alkanes of at least 4 members (excludes halogenated alkanes) is 2. The Morgan fingerprint density at radius 1 is 1.14 bits per heavy atom. The van der Waals surface area contributed by atoms with E-state index in [0.717, 1.165) is 55.8 Å². The third-order valence-electron chi connectivity index (χ3n) is 3.48. The van der Waals surface area contributed by atoms with E-state index < -0.39 is 0 Å². The van der Waals surface area contributed by atoms with Crippen LogP contribution in [0.15, 0.2) is 24.3 Å². The molecule has 0 aromatic heterocycles. The second-order valence-electron chi connectivity index (χ2n) is 5.27. The van der Waals surface area contributed by atoms with Gasteiger partial charge in [-0.2, -0.15) is 0 Å². The van der Waals surface area contributed by atoms with E-state index in [1.54, 1.807) is 0 Å². The lowest BCUT2D eigenvalue weighted by Gasteiger charge is -2.22. The van der Waals surface area contributed by atoms with Gasteiger partial charge in [0.1, 0.15) is 0 Å². The fourth-order valence-electron chi connectivity index (χ4n) is 2.13. The number of benzene rings is 1. The molecule has 1 rings (SSSR count). The molecule has 21 heavy (non-hydrogen) atoms. The highest BCUT2D eigenvalue weighted by atomic mass is 35.5. The number of nitrogens with one attached hydrogen (secondary N) is 1. The van der Waals surface area contributed by atoms with E-state index in [0.29, 0.717) is 6.54 Å². The molecule has 0 unspecified atom stereocenters. The van der Waals surface area contributed by atoms with E-state index >= 15 is 0 Å². The summed E-state index contributed by atoms with van der Waals surface area (Å²) < 4.78 is 0. The second kappa shape index (κ2) is 10.5. The molecule has 0 aliphatic rings. The Labute approximate surface area is 133 Å². The Morgan fingerprint density at radius 2 is 1.76 bits per heavy atom. The summed E-state index contributed by atoms with van der Waals surface area (Å²) in [7, 11) is 0. The van der Waals surface area contributed by atoms with E-state index in [9.17, 15) is 4.79 Å². The molecule has 0 heterocycles. The van der Waals surface area contributed by atoms with Crippen LogP contribution >= 0.6 is 11.6 Å². The number of hydrogen-bond acceptors (Lipinski definition) is 1. The summed E-state index contributed by atoms with van der Waals surface area (Å²) in [5, 5.41) is 3.77. The van der Waals surface area contributed by atoms with Crippen molar-refractivity contribution < 1.29 is 4.79 Å². The first-order valence-electron chi connectivity index (χ1n) is 7.95. The molecule has 0 saturated carbocycles. The number of urea groups is 1. The molecule has 0 saturated heterocycles. The number of rotatable bonds is 9. The summed E-state index contributed by atoms with van der Waals surface area (Å²) >= 11 is 6.12. The molecule has 0 aliphatic heterocycles. The van der Waals surface area contributed by atoms with E-state index in [2.05, 4.69) is 19.2 Å². The summed E-state index contributed by atoms with van der Waals surface area (Å²) in [6.07, 6.45) is 5.09. The average molecular weight is 311 g/mol. The minimum atomic E-state index is 0.0453. The SMILES string of the molecule is CCCCN(CCCC)C(=O)NCCc1ccccc1Cl. The topological polar surface area (TPSA) is 32.3 Å². The van der Waals surface area contributed by atoms with Gasteiger partial charge in [-0.1, -0.05) is 56.5 Å². The van der Waals surface area contributed by atoms with Crippen LogP contribution in [0.2, 0.25) is 5.02 Å². The highest BCUT2D eigenvalue weighted by molar-refractivity contribution is 6.31. The molecule has 0 atom stereocenters. The van der Waals surface area contributed by atoms with Crippen LogP contribution in [-0.4, -0.2) is 30.6 Å². The minimum Gasteiger partial charge on any atom is -0.338 e. The van der Waals surface area contributed by atoms with E-state index in [1.807, 2.05) is 29.2 Å². The predicted molar refractivity (Wildman–Crippen MR) is 89.9 cm³/mol. The van der Waals surface area contributed by atoms with Gasteiger partial charge in [0.15, 0.2) is 0 Å². The van der Waals surface area contributed by atoms with Gasteiger partial charge in [-0.25, -0.2) is 4.79 Å². The molecule has 0 bridgehead atoms. The monoisotopic (exact) mass is 310 g/mol. The highest BCUT2D eigenvalue weighted by Gasteiger charge is 2.11. The van der Waals surface area contributed by atoms with Crippen molar-refractivity contribution in [1.29, 1.82) is 0 Å². The minimum absolute atomic E-state index is 0.0453. The molecule has 118 valence electrons. The number of halogens is 1. The fraction of sp³-hybridized carbons (Fsp3) is 0.588. The molecule has 0 fully saturated rings. The van der Waals surface area contributed by atoms with E-state index in [4.69, 9.17) is 11.6 Å². The molecule has 2 amide bonds.